The summed E-state index contributed by atoms with van der Waals surface area (Å²) >= 11 is 4.53. The molecule has 0 spiro atoms. The molecule has 3 N–H and O–H groups in total. The Hall–Kier alpha value is -2.25. The van der Waals surface area contributed by atoms with Gasteiger partial charge in [0.1, 0.15) is 16.5 Å². The number of aromatic nitrogens is 1. The lowest BCUT2D eigenvalue weighted by Gasteiger charge is -2.01. The second-order valence-electron chi connectivity index (χ2n) is 4.70. The second-order valence-corrected chi connectivity index (χ2v) is 6.62. The van der Waals surface area contributed by atoms with Crippen LogP contribution in [0.4, 0.5) is 21.0 Å². The summed E-state index contributed by atoms with van der Waals surface area (Å²) in [5.41, 5.74) is 7.05. The van der Waals surface area contributed by atoms with Gasteiger partial charge >= 0.3 is 0 Å². The van der Waals surface area contributed by atoms with Crippen LogP contribution < -0.4 is 11.1 Å². The molecule has 0 saturated heterocycles. The molecule has 4 nitrogen and oxygen atoms in total. The zero-order valence-corrected chi connectivity index (χ0v) is 14.1. The van der Waals surface area contributed by atoms with E-state index in [9.17, 15) is 9.18 Å². The molecule has 2 aromatic carbocycles. The average molecular weight is 392 g/mol. The predicted octanol–water partition coefficient (Wildman–Crippen LogP) is 4.60. The minimum Gasteiger partial charge on any atom is -0.382 e. The number of ketones is 1. The third-order valence-corrected chi connectivity index (χ3v) is 4.58. The van der Waals surface area contributed by atoms with E-state index in [1.807, 2.05) is 24.3 Å². The summed E-state index contributed by atoms with van der Waals surface area (Å²) in [5.74, 6) is -0.510. The first-order valence-corrected chi connectivity index (χ1v) is 8.23. The van der Waals surface area contributed by atoms with Crippen molar-refractivity contribution in [3.63, 3.8) is 0 Å². The van der Waals surface area contributed by atoms with E-state index in [1.54, 1.807) is 0 Å². The van der Waals surface area contributed by atoms with Crippen molar-refractivity contribution in [2.24, 2.45) is 0 Å². The largest absolute Gasteiger partial charge is 0.382 e. The van der Waals surface area contributed by atoms with E-state index in [-0.39, 0.29) is 11.6 Å². The van der Waals surface area contributed by atoms with Crippen molar-refractivity contribution in [2.75, 3.05) is 11.1 Å². The molecule has 1 aromatic heterocycles. The van der Waals surface area contributed by atoms with Gasteiger partial charge in [-0.25, -0.2) is 9.37 Å². The molecule has 0 aliphatic carbocycles. The monoisotopic (exact) mass is 391 g/mol. The van der Waals surface area contributed by atoms with Crippen LogP contribution in [0.5, 0.6) is 0 Å². The van der Waals surface area contributed by atoms with Crippen molar-refractivity contribution in [1.82, 2.24) is 4.98 Å². The zero-order valence-electron chi connectivity index (χ0n) is 11.7. The van der Waals surface area contributed by atoms with Crippen LogP contribution in [-0.4, -0.2) is 10.8 Å². The fourth-order valence-corrected chi connectivity index (χ4v) is 3.07. The van der Waals surface area contributed by atoms with Crippen molar-refractivity contribution in [1.29, 1.82) is 0 Å². The summed E-state index contributed by atoms with van der Waals surface area (Å²) in [6.07, 6.45) is 0. The Labute approximate surface area is 144 Å². The molecule has 3 aromatic rings. The predicted molar refractivity (Wildman–Crippen MR) is 93.8 cm³/mol. The highest BCUT2D eigenvalue weighted by Gasteiger charge is 2.18. The lowest BCUT2D eigenvalue weighted by molar-refractivity contribution is 0.104. The lowest BCUT2D eigenvalue weighted by Crippen LogP contribution is -2.02. The SMILES string of the molecule is Nc1nc(Nc2ccc(Br)cc2)sc1C(=O)c1ccc(F)cc1. The molecule has 1 heterocycles. The standard InChI is InChI=1S/C16H11BrFN3OS/c17-10-3-7-12(8-4-10)20-16-21-15(19)14(23-16)13(22)9-1-5-11(18)6-2-9/h1-8H,19H2,(H,20,21). The molecule has 0 unspecified atom stereocenters. The molecule has 3 rings (SSSR count). The Morgan fingerprint density at radius 2 is 1.78 bits per heavy atom. The van der Waals surface area contributed by atoms with Gasteiger partial charge in [-0.3, -0.25) is 4.79 Å². The third-order valence-electron chi connectivity index (χ3n) is 3.06. The molecule has 23 heavy (non-hydrogen) atoms. The average Bonchev–Trinajstić information content (AvgIpc) is 2.90. The Bertz CT molecular complexity index is 847. The number of anilines is 3. The van der Waals surface area contributed by atoms with Crippen molar-refractivity contribution in [3.05, 3.63) is 69.3 Å². The first-order valence-electron chi connectivity index (χ1n) is 6.62. The summed E-state index contributed by atoms with van der Waals surface area (Å²) in [6.45, 7) is 0. The number of nitrogens with one attached hydrogen (secondary N) is 1. The van der Waals surface area contributed by atoms with Crippen molar-refractivity contribution in [3.8, 4) is 0 Å². The van der Waals surface area contributed by atoms with E-state index >= 15 is 0 Å². The number of nitrogen functional groups attached to an aromatic ring is 1. The smallest absolute Gasteiger partial charge is 0.206 e. The molecular weight excluding hydrogens is 381 g/mol. The lowest BCUT2D eigenvalue weighted by atomic mass is 10.1. The number of rotatable bonds is 4. The van der Waals surface area contributed by atoms with E-state index in [1.165, 1.54) is 24.3 Å². The molecule has 0 atom stereocenters. The highest BCUT2D eigenvalue weighted by atomic mass is 79.9. The number of carbonyl (C=O) groups excluding carboxylic acids is 1. The van der Waals surface area contributed by atoms with Gasteiger partial charge in [0.15, 0.2) is 5.13 Å². The molecule has 0 bridgehead atoms. The summed E-state index contributed by atoms with van der Waals surface area (Å²) < 4.78 is 13.9. The van der Waals surface area contributed by atoms with Gasteiger partial charge in [-0.1, -0.05) is 27.3 Å². The third kappa shape index (κ3) is 3.57. The van der Waals surface area contributed by atoms with Crippen LogP contribution >= 0.6 is 27.3 Å². The summed E-state index contributed by atoms with van der Waals surface area (Å²) in [4.78, 5) is 16.9. The fourth-order valence-electron chi connectivity index (χ4n) is 1.94. The first kappa shape index (κ1) is 15.6. The van der Waals surface area contributed by atoms with Crippen LogP contribution in [0.3, 0.4) is 0 Å². The van der Waals surface area contributed by atoms with Gasteiger partial charge in [0.25, 0.3) is 0 Å². The van der Waals surface area contributed by atoms with Crippen LogP contribution in [0.2, 0.25) is 0 Å². The summed E-state index contributed by atoms with van der Waals surface area (Å²) in [5, 5.41) is 3.63. The maximum absolute atomic E-state index is 12.9. The maximum atomic E-state index is 12.9. The minimum absolute atomic E-state index is 0.156. The van der Waals surface area contributed by atoms with E-state index in [2.05, 4.69) is 26.2 Å². The van der Waals surface area contributed by atoms with Gasteiger partial charge in [-0.2, -0.15) is 0 Å². The van der Waals surface area contributed by atoms with Crippen LogP contribution in [0.15, 0.2) is 53.0 Å². The number of benzene rings is 2. The number of halogens is 2. The quantitative estimate of drug-likeness (QED) is 0.637. The van der Waals surface area contributed by atoms with Crippen molar-refractivity contribution < 1.29 is 9.18 Å². The number of carbonyl (C=O) groups is 1. The van der Waals surface area contributed by atoms with Gasteiger partial charge < -0.3 is 11.1 Å². The molecule has 0 aliphatic rings. The molecule has 0 saturated carbocycles. The van der Waals surface area contributed by atoms with Gasteiger partial charge in [0, 0.05) is 15.7 Å². The number of thiazole rings is 1. The van der Waals surface area contributed by atoms with Gasteiger partial charge in [0.05, 0.1) is 0 Å². The molecule has 0 fully saturated rings. The maximum Gasteiger partial charge on any atom is 0.206 e. The van der Waals surface area contributed by atoms with E-state index < -0.39 is 5.82 Å². The molecule has 7 heteroatoms. The molecule has 0 amide bonds. The molecule has 116 valence electrons. The topological polar surface area (TPSA) is 68.0 Å². The second kappa shape index (κ2) is 6.47. The van der Waals surface area contributed by atoms with E-state index in [4.69, 9.17) is 5.73 Å². The Morgan fingerprint density at radius 1 is 1.13 bits per heavy atom. The van der Waals surface area contributed by atoms with Gasteiger partial charge in [-0.15, -0.1) is 0 Å². The Kier molecular flexibility index (Phi) is 4.40. The number of nitrogens with zero attached hydrogens (tertiary/aromatic N) is 1. The summed E-state index contributed by atoms with van der Waals surface area (Å²) in [6, 6.07) is 12.9. The van der Waals surface area contributed by atoms with Crippen molar-refractivity contribution in [2.45, 2.75) is 0 Å². The number of hydrogen-bond acceptors (Lipinski definition) is 5. The van der Waals surface area contributed by atoms with Crippen LogP contribution in [-0.2, 0) is 0 Å². The molecule has 0 radical (unpaired) electrons. The summed E-state index contributed by atoms with van der Waals surface area (Å²) in [7, 11) is 0. The normalized spacial score (nSPS) is 10.5. The fraction of sp³-hybridized carbons (Fsp3) is 0. The Morgan fingerprint density at radius 3 is 2.43 bits per heavy atom. The molecule has 0 aliphatic heterocycles. The first-order chi connectivity index (χ1) is 11.0. The zero-order chi connectivity index (χ0) is 16.4. The van der Waals surface area contributed by atoms with E-state index in [0.29, 0.717) is 15.6 Å². The van der Waals surface area contributed by atoms with Crippen LogP contribution in [0, 0.1) is 5.82 Å². The van der Waals surface area contributed by atoms with Gasteiger partial charge in [-0.05, 0) is 48.5 Å². The van der Waals surface area contributed by atoms with Crippen LogP contribution in [0.25, 0.3) is 0 Å². The number of nitrogens with two attached hydrogens (primary N) is 1. The van der Waals surface area contributed by atoms with E-state index in [0.717, 1.165) is 21.5 Å². The van der Waals surface area contributed by atoms with Crippen molar-refractivity contribution >= 4 is 49.7 Å². The minimum atomic E-state index is -0.392. The van der Waals surface area contributed by atoms with Crippen LogP contribution in [0.1, 0.15) is 15.2 Å². The van der Waals surface area contributed by atoms with Gasteiger partial charge in [0.2, 0.25) is 5.78 Å². The highest BCUT2D eigenvalue weighted by Crippen LogP contribution is 2.30. The number of hydrogen-bond donors (Lipinski definition) is 2. The molecular formula is C16H11BrFN3OS. The Balaban J connectivity index is 1.84. The highest BCUT2D eigenvalue weighted by molar-refractivity contribution is 9.10.